The normalized spacial score (nSPS) is 19.0. The van der Waals surface area contributed by atoms with Crippen LogP contribution < -0.4 is 5.32 Å². The van der Waals surface area contributed by atoms with E-state index in [9.17, 15) is 0 Å². The molecule has 1 aliphatic carbocycles. The molecule has 2 heteroatoms. The minimum absolute atomic E-state index is 0.135. The van der Waals surface area contributed by atoms with Gasteiger partial charge in [0.1, 0.15) is 0 Å². The summed E-state index contributed by atoms with van der Waals surface area (Å²) < 4.78 is 0. The van der Waals surface area contributed by atoms with Crippen LogP contribution in [-0.2, 0) is 0 Å². The largest absolute Gasteiger partial charge is 0.312 e. The number of hydrogen-bond acceptors (Lipinski definition) is 2. The van der Waals surface area contributed by atoms with E-state index in [2.05, 4.69) is 18.3 Å². The second-order valence-corrected chi connectivity index (χ2v) is 5.44. The molecule has 0 radical (unpaired) electrons. The van der Waals surface area contributed by atoms with Gasteiger partial charge < -0.3 is 5.32 Å². The van der Waals surface area contributed by atoms with Crippen molar-refractivity contribution in [3.63, 3.8) is 0 Å². The fourth-order valence-corrected chi connectivity index (χ4v) is 1.50. The smallest absolute Gasteiger partial charge is 0.0683 e. The summed E-state index contributed by atoms with van der Waals surface area (Å²) in [4.78, 5) is 0. The van der Waals surface area contributed by atoms with Crippen molar-refractivity contribution in [2.45, 2.75) is 58.4 Å². The van der Waals surface area contributed by atoms with E-state index in [0.29, 0.717) is 5.54 Å². The van der Waals surface area contributed by atoms with Crippen molar-refractivity contribution in [1.29, 1.82) is 5.26 Å². The highest BCUT2D eigenvalue weighted by atomic mass is 15.0. The van der Waals surface area contributed by atoms with Crippen LogP contribution in [0.2, 0.25) is 0 Å². The lowest BCUT2D eigenvalue weighted by Gasteiger charge is -2.15. The summed E-state index contributed by atoms with van der Waals surface area (Å²) in [6.45, 7) is 7.43. The van der Waals surface area contributed by atoms with Crippen LogP contribution in [0, 0.1) is 16.7 Å². The third kappa shape index (κ3) is 4.11. The first-order valence-electron chi connectivity index (χ1n) is 5.64. The summed E-state index contributed by atoms with van der Waals surface area (Å²) in [6, 6.07) is 2.34. The predicted molar refractivity (Wildman–Crippen MR) is 58.9 cm³/mol. The van der Waals surface area contributed by atoms with Gasteiger partial charge >= 0.3 is 0 Å². The minimum atomic E-state index is -0.135. The molecule has 0 atom stereocenters. The second-order valence-electron chi connectivity index (χ2n) is 5.44. The monoisotopic (exact) mass is 194 g/mol. The molecule has 1 fully saturated rings. The van der Waals surface area contributed by atoms with Crippen molar-refractivity contribution >= 4 is 0 Å². The van der Waals surface area contributed by atoms with Crippen molar-refractivity contribution in [1.82, 2.24) is 5.32 Å². The first-order chi connectivity index (χ1) is 6.47. The van der Waals surface area contributed by atoms with Crippen LogP contribution in [0.15, 0.2) is 0 Å². The van der Waals surface area contributed by atoms with Gasteiger partial charge in [0.05, 0.1) is 11.5 Å². The van der Waals surface area contributed by atoms with Gasteiger partial charge in [0.15, 0.2) is 0 Å². The maximum Gasteiger partial charge on any atom is 0.0683 e. The topological polar surface area (TPSA) is 35.8 Å². The Balaban J connectivity index is 1.97. The van der Waals surface area contributed by atoms with E-state index in [0.717, 1.165) is 19.4 Å². The van der Waals surface area contributed by atoms with E-state index >= 15 is 0 Å². The van der Waals surface area contributed by atoms with Crippen molar-refractivity contribution in [3.05, 3.63) is 0 Å². The maximum atomic E-state index is 8.82. The number of unbranched alkanes of at least 4 members (excludes halogenated alkanes) is 1. The summed E-state index contributed by atoms with van der Waals surface area (Å²) in [6.07, 6.45) is 6.03. The zero-order chi connectivity index (χ0) is 10.7. The molecule has 0 aromatic heterocycles. The van der Waals surface area contributed by atoms with Crippen molar-refractivity contribution in [3.8, 4) is 6.07 Å². The SMILES string of the molecule is CC(C)(C#N)CCCCNC1(C)CC1. The Morgan fingerprint density at radius 1 is 1.36 bits per heavy atom. The summed E-state index contributed by atoms with van der Waals surface area (Å²) in [5.74, 6) is 0. The number of nitrogens with one attached hydrogen (secondary N) is 1. The van der Waals surface area contributed by atoms with Crippen LogP contribution in [0.3, 0.4) is 0 Å². The first kappa shape index (κ1) is 11.5. The van der Waals surface area contributed by atoms with Gasteiger partial charge in [0, 0.05) is 5.54 Å². The molecule has 2 nitrogen and oxygen atoms in total. The Morgan fingerprint density at radius 3 is 2.50 bits per heavy atom. The van der Waals surface area contributed by atoms with Crippen LogP contribution >= 0.6 is 0 Å². The molecule has 0 unspecified atom stereocenters. The quantitative estimate of drug-likeness (QED) is 0.660. The third-order valence-electron chi connectivity index (χ3n) is 3.08. The molecule has 1 N–H and O–H groups in total. The summed E-state index contributed by atoms with van der Waals surface area (Å²) in [5, 5.41) is 12.4. The summed E-state index contributed by atoms with van der Waals surface area (Å²) >= 11 is 0. The highest BCUT2D eigenvalue weighted by Gasteiger charge is 2.35. The third-order valence-corrected chi connectivity index (χ3v) is 3.08. The van der Waals surface area contributed by atoms with Crippen LogP contribution in [-0.4, -0.2) is 12.1 Å². The van der Waals surface area contributed by atoms with E-state index in [-0.39, 0.29) is 5.41 Å². The Morgan fingerprint density at radius 2 is 2.00 bits per heavy atom. The maximum absolute atomic E-state index is 8.82. The van der Waals surface area contributed by atoms with Gasteiger partial charge in [0.2, 0.25) is 0 Å². The number of nitriles is 1. The Labute approximate surface area is 87.7 Å². The molecule has 0 aliphatic heterocycles. The fourth-order valence-electron chi connectivity index (χ4n) is 1.50. The molecular formula is C12H22N2. The van der Waals surface area contributed by atoms with Crippen LogP contribution in [0.25, 0.3) is 0 Å². The molecular weight excluding hydrogens is 172 g/mol. The molecule has 0 amide bonds. The van der Waals surface area contributed by atoms with Gasteiger partial charge in [-0.1, -0.05) is 6.42 Å². The Bertz CT molecular complexity index is 221. The fraction of sp³-hybridized carbons (Fsp3) is 0.917. The lowest BCUT2D eigenvalue weighted by molar-refractivity contribution is 0.415. The second kappa shape index (κ2) is 4.31. The van der Waals surface area contributed by atoms with Gasteiger partial charge in [-0.05, 0) is 53.0 Å². The molecule has 80 valence electrons. The van der Waals surface area contributed by atoms with E-state index in [4.69, 9.17) is 5.26 Å². The summed E-state index contributed by atoms with van der Waals surface area (Å²) in [5.41, 5.74) is 0.328. The van der Waals surface area contributed by atoms with Crippen molar-refractivity contribution in [2.75, 3.05) is 6.54 Å². The average Bonchev–Trinajstić information content (AvgIpc) is 2.84. The zero-order valence-electron chi connectivity index (χ0n) is 9.69. The van der Waals surface area contributed by atoms with Gasteiger partial charge in [-0.3, -0.25) is 0 Å². The van der Waals surface area contributed by atoms with Gasteiger partial charge in [-0.25, -0.2) is 0 Å². The lowest BCUT2D eigenvalue weighted by Crippen LogP contribution is -2.28. The number of rotatable bonds is 6. The molecule has 14 heavy (non-hydrogen) atoms. The predicted octanol–water partition coefficient (Wildman–Crippen LogP) is 2.85. The molecule has 0 heterocycles. The van der Waals surface area contributed by atoms with E-state index in [1.54, 1.807) is 0 Å². The van der Waals surface area contributed by atoms with Gasteiger partial charge in [-0.15, -0.1) is 0 Å². The number of hydrogen-bond donors (Lipinski definition) is 1. The first-order valence-corrected chi connectivity index (χ1v) is 5.64. The average molecular weight is 194 g/mol. The van der Waals surface area contributed by atoms with Crippen molar-refractivity contribution < 1.29 is 0 Å². The van der Waals surface area contributed by atoms with Crippen LogP contribution in [0.1, 0.15) is 52.9 Å². The van der Waals surface area contributed by atoms with Crippen LogP contribution in [0.5, 0.6) is 0 Å². The molecule has 0 aromatic rings. The van der Waals surface area contributed by atoms with Gasteiger partial charge in [-0.2, -0.15) is 5.26 Å². The molecule has 1 aliphatic rings. The zero-order valence-corrected chi connectivity index (χ0v) is 9.69. The van der Waals surface area contributed by atoms with Gasteiger partial charge in [0.25, 0.3) is 0 Å². The highest BCUT2D eigenvalue weighted by molar-refractivity contribution is 4.97. The molecule has 0 bridgehead atoms. The summed E-state index contributed by atoms with van der Waals surface area (Å²) in [7, 11) is 0. The molecule has 1 rings (SSSR count). The minimum Gasteiger partial charge on any atom is -0.312 e. The number of nitrogens with zero attached hydrogens (tertiary/aromatic N) is 1. The standard InChI is InChI=1S/C12H22N2/c1-11(2,10-13)6-4-5-9-14-12(3)7-8-12/h14H,4-9H2,1-3H3. The Hall–Kier alpha value is -0.550. The molecule has 0 aromatic carbocycles. The molecule has 0 saturated heterocycles. The van der Waals surface area contributed by atoms with Crippen LogP contribution in [0.4, 0.5) is 0 Å². The van der Waals surface area contributed by atoms with Crippen molar-refractivity contribution in [2.24, 2.45) is 5.41 Å². The molecule has 1 saturated carbocycles. The molecule has 0 spiro atoms. The van der Waals surface area contributed by atoms with E-state index in [1.165, 1.54) is 19.3 Å². The lowest BCUT2D eigenvalue weighted by atomic mass is 9.89. The highest BCUT2D eigenvalue weighted by Crippen LogP contribution is 2.34. The van der Waals surface area contributed by atoms with E-state index in [1.807, 2.05) is 13.8 Å². The van der Waals surface area contributed by atoms with E-state index < -0.39 is 0 Å². The Kier molecular flexibility index (Phi) is 3.55.